The SMILES string of the molecule is C=CCC(CC=C)C(=O)NC(CN)C1CCCCC1. The van der Waals surface area contributed by atoms with Crippen molar-refractivity contribution >= 4 is 5.91 Å². The van der Waals surface area contributed by atoms with Crippen LogP contribution in [-0.4, -0.2) is 18.5 Å². The molecule has 19 heavy (non-hydrogen) atoms. The van der Waals surface area contributed by atoms with Crippen molar-refractivity contribution in [2.45, 2.75) is 51.0 Å². The Morgan fingerprint density at radius 3 is 2.26 bits per heavy atom. The third-order valence-corrected chi connectivity index (χ3v) is 4.07. The molecule has 3 heteroatoms. The second-order valence-electron chi connectivity index (χ2n) is 5.49. The molecule has 0 saturated heterocycles. The van der Waals surface area contributed by atoms with Crippen LogP contribution in [0.25, 0.3) is 0 Å². The molecule has 0 bridgehead atoms. The molecule has 0 radical (unpaired) electrons. The molecular formula is C16H28N2O. The van der Waals surface area contributed by atoms with Gasteiger partial charge in [0.15, 0.2) is 0 Å². The maximum absolute atomic E-state index is 12.3. The first-order valence-corrected chi connectivity index (χ1v) is 7.45. The number of hydrogen-bond acceptors (Lipinski definition) is 2. The van der Waals surface area contributed by atoms with Gasteiger partial charge in [-0.15, -0.1) is 13.2 Å². The molecule has 0 aromatic heterocycles. The van der Waals surface area contributed by atoms with Crippen LogP contribution in [0, 0.1) is 11.8 Å². The van der Waals surface area contributed by atoms with E-state index in [-0.39, 0.29) is 17.9 Å². The molecule has 0 spiro atoms. The molecule has 1 aliphatic carbocycles. The van der Waals surface area contributed by atoms with Crippen molar-refractivity contribution in [3.05, 3.63) is 25.3 Å². The van der Waals surface area contributed by atoms with Crippen molar-refractivity contribution in [2.24, 2.45) is 17.6 Å². The van der Waals surface area contributed by atoms with E-state index < -0.39 is 0 Å². The molecule has 1 unspecified atom stereocenters. The zero-order chi connectivity index (χ0) is 14.1. The monoisotopic (exact) mass is 264 g/mol. The van der Waals surface area contributed by atoms with Crippen LogP contribution in [0.15, 0.2) is 25.3 Å². The third-order valence-electron chi connectivity index (χ3n) is 4.07. The fraction of sp³-hybridized carbons (Fsp3) is 0.688. The standard InChI is InChI=1S/C16H28N2O/c1-3-8-14(9-4-2)16(19)18-15(12-17)13-10-6-5-7-11-13/h3-4,13-15H,1-2,5-12,17H2,(H,18,19). The molecule has 1 aliphatic rings. The van der Waals surface area contributed by atoms with Gasteiger partial charge in [0.25, 0.3) is 0 Å². The molecule has 108 valence electrons. The fourth-order valence-electron chi connectivity index (χ4n) is 2.92. The number of carbonyl (C=O) groups is 1. The van der Waals surface area contributed by atoms with Gasteiger partial charge in [-0.25, -0.2) is 0 Å². The zero-order valence-electron chi connectivity index (χ0n) is 11.9. The summed E-state index contributed by atoms with van der Waals surface area (Å²) >= 11 is 0. The fourth-order valence-corrected chi connectivity index (χ4v) is 2.92. The molecule has 0 aromatic rings. The Bertz CT molecular complexity index is 285. The van der Waals surface area contributed by atoms with E-state index in [1.165, 1.54) is 32.1 Å². The molecule has 1 saturated carbocycles. The first-order valence-electron chi connectivity index (χ1n) is 7.45. The van der Waals surface area contributed by atoms with Crippen molar-refractivity contribution in [2.75, 3.05) is 6.54 Å². The Morgan fingerprint density at radius 1 is 1.21 bits per heavy atom. The van der Waals surface area contributed by atoms with Gasteiger partial charge in [0, 0.05) is 18.5 Å². The van der Waals surface area contributed by atoms with E-state index in [1.807, 2.05) is 0 Å². The summed E-state index contributed by atoms with van der Waals surface area (Å²) in [5, 5.41) is 3.15. The lowest BCUT2D eigenvalue weighted by molar-refractivity contribution is -0.126. The van der Waals surface area contributed by atoms with Crippen LogP contribution in [0.4, 0.5) is 0 Å². The van der Waals surface area contributed by atoms with E-state index in [4.69, 9.17) is 5.73 Å². The van der Waals surface area contributed by atoms with E-state index in [0.717, 1.165) is 0 Å². The number of hydrogen-bond donors (Lipinski definition) is 2. The minimum atomic E-state index is -0.0485. The summed E-state index contributed by atoms with van der Waals surface area (Å²) in [5.74, 6) is 0.601. The number of amides is 1. The molecule has 3 nitrogen and oxygen atoms in total. The van der Waals surface area contributed by atoms with Gasteiger partial charge in [0.2, 0.25) is 5.91 Å². The van der Waals surface area contributed by atoms with Crippen molar-refractivity contribution in [1.29, 1.82) is 0 Å². The minimum Gasteiger partial charge on any atom is -0.352 e. The van der Waals surface area contributed by atoms with Gasteiger partial charge in [-0.05, 0) is 31.6 Å². The molecule has 1 amide bonds. The van der Waals surface area contributed by atoms with Crippen LogP contribution in [0.2, 0.25) is 0 Å². The van der Waals surface area contributed by atoms with Gasteiger partial charge in [-0.1, -0.05) is 31.4 Å². The van der Waals surface area contributed by atoms with Crippen LogP contribution in [0.3, 0.4) is 0 Å². The molecule has 0 aliphatic heterocycles. The van der Waals surface area contributed by atoms with E-state index in [9.17, 15) is 4.79 Å². The Labute approximate surface area is 117 Å². The Kier molecular flexibility index (Phi) is 7.49. The van der Waals surface area contributed by atoms with E-state index in [1.54, 1.807) is 12.2 Å². The number of rotatable bonds is 8. The Hall–Kier alpha value is -1.09. The highest BCUT2D eigenvalue weighted by molar-refractivity contribution is 5.79. The smallest absolute Gasteiger partial charge is 0.224 e. The Morgan fingerprint density at radius 2 is 1.79 bits per heavy atom. The maximum Gasteiger partial charge on any atom is 0.224 e. The summed E-state index contributed by atoms with van der Waals surface area (Å²) in [7, 11) is 0. The molecule has 0 heterocycles. The van der Waals surface area contributed by atoms with Gasteiger partial charge >= 0.3 is 0 Å². The summed E-state index contributed by atoms with van der Waals surface area (Å²) < 4.78 is 0. The number of nitrogens with two attached hydrogens (primary N) is 1. The lowest BCUT2D eigenvalue weighted by atomic mass is 9.83. The van der Waals surface area contributed by atoms with Crippen LogP contribution >= 0.6 is 0 Å². The van der Waals surface area contributed by atoms with Crippen molar-refractivity contribution in [1.82, 2.24) is 5.32 Å². The Balaban J connectivity index is 2.54. The quantitative estimate of drug-likeness (QED) is 0.662. The molecule has 1 fully saturated rings. The molecular weight excluding hydrogens is 236 g/mol. The van der Waals surface area contributed by atoms with Crippen LogP contribution in [0.5, 0.6) is 0 Å². The highest BCUT2D eigenvalue weighted by Gasteiger charge is 2.26. The lowest BCUT2D eigenvalue weighted by Crippen LogP contribution is -2.47. The molecule has 0 aromatic carbocycles. The second kappa shape index (κ2) is 8.92. The normalized spacial score (nSPS) is 18.0. The van der Waals surface area contributed by atoms with Crippen LogP contribution in [-0.2, 0) is 4.79 Å². The molecule has 1 rings (SSSR count). The summed E-state index contributed by atoms with van der Waals surface area (Å²) in [4.78, 5) is 12.3. The maximum atomic E-state index is 12.3. The highest BCUT2D eigenvalue weighted by Crippen LogP contribution is 2.26. The molecule has 1 atom stereocenters. The van der Waals surface area contributed by atoms with Gasteiger partial charge in [0.1, 0.15) is 0 Å². The number of carbonyl (C=O) groups excluding carboxylic acids is 1. The highest BCUT2D eigenvalue weighted by atomic mass is 16.1. The third kappa shape index (κ3) is 5.19. The second-order valence-corrected chi connectivity index (χ2v) is 5.49. The number of allylic oxidation sites excluding steroid dienone is 2. The average molecular weight is 264 g/mol. The summed E-state index contributed by atoms with van der Waals surface area (Å²) in [5.41, 5.74) is 5.84. The predicted molar refractivity (Wildman–Crippen MR) is 80.7 cm³/mol. The van der Waals surface area contributed by atoms with Crippen molar-refractivity contribution in [3.63, 3.8) is 0 Å². The first kappa shape index (κ1) is 16.0. The van der Waals surface area contributed by atoms with Gasteiger partial charge in [-0.2, -0.15) is 0 Å². The van der Waals surface area contributed by atoms with Gasteiger partial charge < -0.3 is 11.1 Å². The summed E-state index contributed by atoms with van der Waals surface area (Å²) in [6.07, 6.45) is 11.2. The van der Waals surface area contributed by atoms with E-state index in [2.05, 4.69) is 18.5 Å². The first-order chi connectivity index (χ1) is 9.22. The number of nitrogens with one attached hydrogen (secondary N) is 1. The molecule has 3 N–H and O–H groups in total. The van der Waals surface area contributed by atoms with Crippen molar-refractivity contribution in [3.8, 4) is 0 Å². The summed E-state index contributed by atoms with van der Waals surface area (Å²) in [6.45, 7) is 7.96. The van der Waals surface area contributed by atoms with Gasteiger partial charge in [0.05, 0.1) is 0 Å². The lowest BCUT2D eigenvalue weighted by Gasteiger charge is -2.31. The largest absolute Gasteiger partial charge is 0.352 e. The van der Waals surface area contributed by atoms with E-state index in [0.29, 0.717) is 25.3 Å². The minimum absolute atomic E-state index is 0.0485. The van der Waals surface area contributed by atoms with E-state index >= 15 is 0 Å². The van der Waals surface area contributed by atoms with Crippen LogP contribution in [0.1, 0.15) is 44.9 Å². The average Bonchev–Trinajstić information content (AvgIpc) is 2.45. The zero-order valence-corrected chi connectivity index (χ0v) is 11.9. The van der Waals surface area contributed by atoms with Crippen LogP contribution < -0.4 is 11.1 Å². The van der Waals surface area contributed by atoms with Crippen molar-refractivity contribution < 1.29 is 4.79 Å². The predicted octanol–water partition coefficient (Wildman–Crippen LogP) is 2.78. The van der Waals surface area contributed by atoms with Gasteiger partial charge in [-0.3, -0.25) is 4.79 Å². The topological polar surface area (TPSA) is 55.1 Å². The summed E-state index contributed by atoms with van der Waals surface area (Å²) in [6, 6.07) is 0.130.